The monoisotopic (exact) mass is 394 g/mol. The Morgan fingerprint density at radius 2 is 2.00 bits per heavy atom. The molecule has 154 valence electrons. The van der Waals surface area contributed by atoms with Crippen LogP contribution >= 0.6 is 0 Å². The maximum Gasteiger partial charge on any atom is 0.257 e. The van der Waals surface area contributed by atoms with Gasteiger partial charge in [0.25, 0.3) is 5.91 Å². The second kappa shape index (κ2) is 8.15. The van der Waals surface area contributed by atoms with E-state index < -0.39 is 29.3 Å². The number of halogens is 2. The zero-order chi connectivity index (χ0) is 20.5. The highest BCUT2D eigenvalue weighted by atomic mass is 19.1. The van der Waals surface area contributed by atoms with E-state index in [-0.39, 0.29) is 24.1 Å². The molecule has 1 spiro atoms. The van der Waals surface area contributed by atoms with E-state index in [1.807, 2.05) is 13.8 Å². The Morgan fingerprint density at radius 3 is 2.61 bits per heavy atom. The topological polar surface area (TPSA) is 58.6 Å². The molecule has 0 unspecified atom stereocenters. The number of hydrogen-bond acceptors (Lipinski definition) is 3. The Hall–Kier alpha value is -2.02. The fourth-order valence-corrected chi connectivity index (χ4v) is 4.26. The molecule has 4 atom stereocenters. The Morgan fingerprint density at radius 1 is 1.32 bits per heavy atom. The summed E-state index contributed by atoms with van der Waals surface area (Å²) in [5, 5.41) is 2.90. The van der Waals surface area contributed by atoms with Gasteiger partial charge in [0.1, 0.15) is 23.4 Å². The summed E-state index contributed by atoms with van der Waals surface area (Å²) in [6.07, 6.45) is 3.84. The number of rotatable bonds is 4. The van der Waals surface area contributed by atoms with Crippen LogP contribution in [0.25, 0.3) is 0 Å². The molecule has 2 fully saturated rings. The molecular weight excluding hydrogens is 366 g/mol. The van der Waals surface area contributed by atoms with Crippen molar-refractivity contribution in [2.75, 3.05) is 6.61 Å². The quantitative estimate of drug-likeness (QED) is 0.849. The lowest BCUT2D eigenvalue weighted by Gasteiger charge is -2.43. The first-order valence-corrected chi connectivity index (χ1v) is 10.00. The van der Waals surface area contributed by atoms with E-state index in [2.05, 4.69) is 12.2 Å². The molecule has 1 aliphatic heterocycles. The average Bonchev–Trinajstić information content (AvgIpc) is 2.98. The van der Waals surface area contributed by atoms with Crippen LogP contribution in [0.3, 0.4) is 0 Å². The predicted molar refractivity (Wildman–Crippen MR) is 101 cm³/mol. The molecule has 1 heterocycles. The lowest BCUT2D eigenvalue weighted by Crippen LogP contribution is -2.57. The van der Waals surface area contributed by atoms with Gasteiger partial charge < -0.3 is 10.1 Å². The number of amides is 2. The minimum absolute atomic E-state index is 0.0436. The van der Waals surface area contributed by atoms with Gasteiger partial charge in [0.2, 0.25) is 5.91 Å². The van der Waals surface area contributed by atoms with Crippen LogP contribution in [0.15, 0.2) is 18.2 Å². The van der Waals surface area contributed by atoms with Crippen molar-refractivity contribution in [1.82, 2.24) is 10.2 Å². The second-order valence-electron chi connectivity index (χ2n) is 8.13. The van der Waals surface area contributed by atoms with Crippen molar-refractivity contribution in [2.24, 2.45) is 5.92 Å². The van der Waals surface area contributed by atoms with E-state index in [1.54, 1.807) is 0 Å². The molecule has 3 rings (SSSR count). The number of carbonyl (C=O) groups is 2. The minimum Gasteiger partial charge on any atom is -0.353 e. The normalized spacial score (nSPS) is 28.4. The van der Waals surface area contributed by atoms with Crippen LogP contribution in [0.4, 0.5) is 8.78 Å². The number of benzene rings is 1. The number of nitrogens with zero attached hydrogens (tertiary/aromatic N) is 1. The fraction of sp³-hybridized carbons (Fsp3) is 0.619. The zero-order valence-corrected chi connectivity index (χ0v) is 16.6. The van der Waals surface area contributed by atoms with E-state index in [1.165, 1.54) is 4.90 Å². The summed E-state index contributed by atoms with van der Waals surface area (Å²) in [5.74, 6) is -2.20. The van der Waals surface area contributed by atoms with Crippen molar-refractivity contribution >= 4 is 11.8 Å². The first-order valence-electron chi connectivity index (χ1n) is 10.00. The molecular formula is C21H28F2N2O3. The highest BCUT2D eigenvalue weighted by molar-refractivity contribution is 5.98. The van der Waals surface area contributed by atoms with Crippen molar-refractivity contribution < 1.29 is 23.1 Å². The third-order valence-corrected chi connectivity index (χ3v) is 5.82. The van der Waals surface area contributed by atoms with Crippen LogP contribution in [0.5, 0.6) is 0 Å². The number of carbonyl (C=O) groups excluding carboxylic acids is 2. The van der Waals surface area contributed by atoms with Crippen molar-refractivity contribution in [3.63, 3.8) is 0 Å². The number of hydrogen-bond donors (Lipinski definition) is 1. The van der Waals surface area contributed by atoms with Gasteiger partial charge in [-0.25, -0.2) is 8.78 Å². The van der Waals surface area contributed by atoms with Crippen LogP contribution in [0, 0.1) is 17.6 Å². The van der Waals surface area contributed by atoms with Crippen LogP contribution in [0.1, 0.15) is 63.2 Å². The third kappa shape index (κ3) is 4.04. The predicted octanol–water partition coefficient (Wildman–Crippen LogP) is 3.63. The van der Waals surface area contributed by atoms with Gasteiger partial charge in [0.05, 0.1) is 6.61 Å². The molecule has 7 heteroatoms. The van der Waals surface area contributed by atoms with Gasteiger partial charge in [-0.15, -0.1) is 0 Å². The SMILES string of the molecule is CC[C@H](C)NC(=O)[C@@H]1CO[C@]2(CCC[C@H](C)C2)N1C(=O)c1cc(F)cc(F)c1. The van der Waals surface area contributed by atoms with E-state index >= 15 is 0 Å². The molecule has 0 aromatic heterocycles. The molecule has 0 bridgehead atoms. The summed E-state index contributed by atoms with van der Waals surface area (Å²) in [6, 6.07) is 1.87. The standard InChI is InChI=1S/C21H28F2N2O3/c1-4-14(3)24-19(26)18-12-28-21(7-5-6-13(2)11-21)25(18)20(27)15-8-16(22)10-17(23)9-15/h8-10,13-14,18H,4-7,11-12H2,1-3H3,(H,24,26)/t13-,14-,18-,21-/m0/s1. The highest BCUT2D eigenvalue weighted by Gasteiger charge is 2.54. The Balaban J connectivity index is 1.97. The van der Waals surface area contributed by atoms with Crippen molar-refractivity contribution in [2.45, 2.75) is 70.7 Å². The summed E-state index contributed by atoms with van der Waals surface area (Å²) >= 11 is 0. The largest absolute Gasteiger partial charge is 0.353 e. The van der Waals surface area contributed by atoms with Crippen LogP contribution < -0.4 is 5.32 Å². The Labute approximate surface area is 164 Å². The Bertz CT molecular complexity index is 737. The van der Waals surface area contributed by atoms with Gasteiger partial charge in [-0.3, -0.25) is 14.5 Å². The molecule has 1 aliphatic carbocycles. The second-order valence-corrected chi connectivity index (χ2v) is 8.13. The van der Waals surface area contributed by atoms with E-state index in [0.717, 1.165) is 37.5 Å². The van der Waals surface area contributed by atoms with Gasteiger partial charge in [-0.2, -0.15) is 0 Å². The summed E-state index contributed by atoms with van der Waals surface area (Å²) < 4.78 is 33.5. The maximum absolute atomic E-state index is 13.7. The highest BCUT2D eigenvalue weighted by Crippen LogP contribution is 2.43. The summed E-state index contributed by atoms with van der Waals surface area (Å²) in [7, 11) is 0. The van der Waals surface area contributed by atoms with Gasteiger partial charge in [0, 0.05) is 17.7 Å². The lowest BCUT2D eigenvalue weighted by molar-refractivity contribution is -0.129. The molecule has 28 heavy (non-hydrogen) atoms. The minimum atomic E-state index is -0.908. The molecule has 1 N–H and O–H groups in total. The fourth-order valence-electron chi connectivity index (χ4n) is 4.26. The van der Waals surface area contributed by atoms with Crippen LogP contribution in [-0.4, -0.2) is 41.1 Å². The van der Waals surface area contributed by atoms with Gasteiger partial charge in [0.15, 0.2) is 0 Å². The van der Waals surface area contributed by atoms with Gasteiger partial charge in [-0.1, -0.05) is 20.3 Å². The molecule has 1 aromatic carbocycles. The van der Waals surface area contributed by atoms with E-state index in [9.17, 15) is 18.4 Å². The van der Waals surface area contributed by atoms with Crippen LogP contribution in [-0.2, 0) is 9.53 Å². The molecule has 1 aromatic rings. The smallest absolute Gasteiger partial charge is 0.257 e. The van der Waals surface area contributed by atoms with E-state index in [0.29, 0.717) is 18.8 Å². The van der Waals surface area contributed by atoms with Gasteiger partial charge >= 0.3 is 0 Å². The number of ether oxygens (including phenoxy) is 1. The molecule has 1 saturated carbocycles. The van der Waals surface area contributed by atoms with Crippen molar-refractivity contribution in [1.29, 1.82) is 0 Å². The van der Waals surface area contributed by atoms with E-state index in [4.69, 9.17) is 4.74 Å². The van der Waals surface area contributed by atoms with Crippen molar-refractivity contribution in [3.8, 4) is 0 Å². The van der Waals surface area contributed by atoms with Crippen LogP contribution in [0.2, 0.25) is 0 Å². The van der Waals surface area contributed by atoms with Crippen molar-refractivity contribution in [3.05, 3.63) is 35.4 Å². The lowest BCUT2D eigenvalue weighted by atomic mass is 9.83. The zero-order valence-electron chi connectivity index (χ0n) is 16.6. The molecule has 2 aliphatic rings. The first-order chi connectivity index (χ1) is 13.3. The molecule has 1 saturated heterocycles. The summed E-state index contributed by atoms with van der Waals surface area (Å²) in [6.45, 7) is 6.01. The maximum atomic E-state index is 13.7. The summed E-state index contributed by atoms with van der Waals surface area (Å²) in [5.41, 5.74) is -1.02. The molecule has 5 nitrogen and oxygen atoms in total. The van der Waals surface area contributed by atoms with Gasteiger partial charge in [-0.05, 0) is 50.7 Å². The average molecular weight is 394 g/mol. The molecule has 2 amide bonds. The summed E-state index contributed by atoms with van der Waals surface area (Å²) in [4.78, 5) is 27.6. The first kappa shape index (κ1) is 20.7. The third-order valence-electron chi connectivity index (χ3n) is 5.82. The number of nitrogens with one attached hydrogen (secondary N) is 1. The molecule has 0 radical (unpaired) electrons. The Kier molecular flexibility index (Phi) is 6.03.